The third-order valence-corrected chi connectivity index (χ3v) is 8.11. The summed E-state index contributed by atoms with van der Waals surface area (Å²) in [5.74, 6) is -0.379. The van der Waals surface area contributed by atoms with Gasteiger partial charge in [0, 0.05) is 19.4 Å². The van der Waals surface area contributed by atoms with Gasteiger partial charge < -0.3 is 9.84 Å². The van der Waals surface area contributed by atoms with Gasteiger partial charge in [-0.05, 0) is 41.8 Å². The van der Waals surface area contributed by atoms with E-state index in [1.165, 1.54) is 12.1 Å². The summed E-state index contributed by atoms with van der Waals surface area (Å²) in [6.45, 7) is 0.272. The molecule has 3 aromatic rings. The Labute approximate surface area is 204 Å². The largest absolute Gasteiger partial charge is 0.489 e. The minimum absolute atomic E-state index is 0.00574. The van der Waals surface area contributed by atoms with Crippen LogP contribution in [-0.4, -0.2) is 47.1 Å². The van der Waals surface area contributed by atoms with Crippen molar-refractivity contribution in [2.45, 2.75) is 42.4 Å². The van der Waals surface area contributed by atoms with Gasteiger partial charge in [0.15, 0.2) is 0 Å². The van der Waals surface area contributed by atoms with Crippen molar-refractivity contribution >= 4 is 15.9 Å². The zero-order valence-electron chi connectivity index (χ0n) is 19.1. The second-order valence-corrected chi connectivity index (χ2v) is 10.6. The van der Waals surface area contributed by atoms with Crippen LogP contribution in [0.4, 0.5) is 0 Å². The van der Waals surface area contributed by atoms with Crippen LogP contribution in [0.1, 0.15) is 24.0 Å². The van der Waals surface area contributed by atoms with Gasteiger partial charge in [0.05, 0.1) is 10.5 Å². The normalized spacial score (nSPS) is 20.8. The molecule has 3 N–H and O–H groups in total. The molecular formula is C26H28N2O6S. The maximum Gasteiger partial charge on any atom is 0.261 e. The summed E-state index contributed by atoms with van der Waals surface area (Å²) in [5, 5.41) is 20.5. The number of hydroxylamine groups is 1. The number of rotatable bonds is 8. The molecule has 1 aliphatic rings. The highest BCUT2D eigenvalue weighted by Gasteiger charge is 2.46. The molecule has 184 valence electrons. The Morgan fingerprint density at radius 3 is 2.17 bits per heavy atom. The first-order valence-electron chi connectivity index (χ1n) is 11.3. The second-order valence-electron chi connectivity index (χ2n) is 8.69. The van der Waals surface area contributed by atoms with Crippen molar-refractivity contribution in [1.82, 2.24) is 9.79 Å². The fourth-order valence-electron chi connectivity index (χ4n) is 4.34. The minimum Gasteiger partial charge on any atom is -0.489 e. The van der Waals surface area contributed by atoms with Crippen LogP contribution in [-0.2, 0) is 27.8 Å². The smallest absolute Gasteiger partial charge is 0.261 e. The molecule has 0 spiro atoms. The molecule has 8 nitrogen and oxygen atoms in total. The van der Waals surface area contributed by atoms with Gasteiger partial charge in [-0.2, -0.15) is 4.31 Å². The number of benzene rings is 3. The molecule has 1 aliphatic heterocycles. The number of carbonyl (C=O) groups is 1. The topological polar surface area (TPSA) is 116 Å². The van der Waals surface area contributed by atoms with E-state index in [2.05, 4.69) is 0 Å². The molecule has 0 bridgehead atoms. The molecule has 4 rings (SSSR count). The Morgan fingerprint density at radius 2 is 1.57 bits per heavy atom. The molecule has 1 heterocycles. The van der Waals surface area contributed by atoms with Crippen LogP contribution in [0.25, 0.3) is 0 Å². The third-order valence-electron chi connectivity index (χ3n) is 6.19. The van der Waals surface area contributed by atoms with Crippen LogP contribution in [0.15, 0.2) is 89.8 Å². The van der Waals surface area contributed by atoms with E-state index in [4.69, 9.17) is 4.74 Å². The van der Waals surface area contributed by atoms with E-state index in [1.54, 1.807) is 17.6 Å². The lowest BCUT2D eigenvalue weighted by molar-refractivity contribution is -0.138. The van der Waals surface area contributed by atoms with Crippen LogP contribution in [0.3, 0.4) is 0 Å². The Kier molecular flexibility index (Phi) is 7.51. The fraction of sp³-hybridized carbons (Fsp3) is 0.269. The number of nitrogens with zero attached hydrogens (tertiary/aromatic N) is 1. The van der Waals surface area contributed by atoms with Crippen molar-refractivity contribution in [3.8, 4) is 5.75 Å². The summed E-state index contributed by atoms with van der Waals surface area (Å²) in [5.41, 5.74) is 2.12. The molecule has 2 unspecified atom stereocenters. The van der Waals surface area contributed by atoms with E-state index in [9.17, 15) is 23.5 Å². The lowest BCUT2D eigenvalue weighted by Crippen LogP contribution is -2.58. The monoisotopic (exact) mass is 496 g/mol. The maximum atomic E-state index is 13.4. The number of aliphatic hydroxyl groups is 1. The molecule has 0 aromatic heterocycles. The predicted molar refractivity (Wildman–Crippen MR) is 129 cm³/mol. The van der Waals surface area contributed by atoms with Crippen molar-refractivity contribution in [3.05, 3.63) is 96.1 Å². The molecule has 9 heteroatoms. The third kappa shape index (κ3) is 5.88. The summed E-state index contributed by atoms with van der Waals surface area (Å²) in [7, 11) is -4.08. The van der Waals surface area contributed by atoms with Gasteiger partial charge in [0.1, 0.15) is 18.4 Å². The molecule has 0 aliphatic carbocycles. The zero-order valence-corrected chi connectivity index (χ0v) is 19.9. The lowest BCUT2D eigenvalue weighted by Gasteiger charge is -2.42. The molecule has 2 atom stereocenters. The van der Waals surface area contributed by atoms with Crippen molar-refractivity contribution in [2.75, 3.05) is 6.54 Å². The highest BCUT2D eigenvalue weighted by atomic mass is 32.2. The first-order chi connectivity index (χ1) is 16.8. The van der Waals surface area contributed by atoms with E-state index < -0.39 is 27.6 Å². The van der Waals surface area contributed by atoms with Crippen LogP contribution in [0.2, 0.25) is 0 Å². The second kappa shape index (κ2) is 10.6. The van der Waals surface area contributed by atoms with Crippen LogP contribution < -0.4 is 10.2 Å². The van der Waals surface area contributed by atoms with E-state index in [1.807, 2.05) is 60.7 Å². The average Bonchev–Trinajstić information content (AvgIpc) is 2.88. The SMILES string of the molecule is O=C(NO)C1CC(O)(Cc2ccccc2)CCN1S(=O)(=O)c1ccc(OCc2ccccc2)cc1. The van der Waals surface area contributed by atoms with Gasteiger partial charge in [-0.3, -0.25) is 10.0 Å². The summed E-state index contributed by atoms with van der Waals surface area (Å²) >= 11 is 0. The molecule has 3 aromatic carbocycles. The van der Waals surface area contributed by atoms with Gasteiger partial charge >= 0.3 is 0 Å². The summed E-state index contributed by atoms with van der Waals surface area (Å²) in [4.78, 5) is 12.5. The number of sulfonamides is 1. The minimum atomic E-state index is -4.08. The van der Waals surface area contributed by atoms with E-state index in [-0.39, 0.29) is 30.7 Å². The van der Waals surface area contributed by atoms with Crippen molar-refractivity contribution in [2.24, 2.45) is 0 Å². The Bertz CT molecular complexity index is 1240. The molecule has 35 heavy (non-hydrogen) atoms. The van der Waals surface area contributed by atoms with Crippen LogP contribution >= 0.6 is 0 Å². The molecular weight excluding hydrogens is 468 g/mol. The van der Waals surface area contributed by atoms with Crippen LogP contribution in [0.5, 0.6) is 5.75 Å². The Morgan fingerprint density at radius 1 is 0.971 bits per heavy atom. The summed E-state index contributed by atoms with van der Waals surface area (Å²) in [6, 6.07) is 23.6. The van der Waals surface area contributed by atoms with Crippen molar-refractivity contribution < 1.29 is 28.3 Å². The Balaban J connectivity index is 1.50. The quantitative estimate of drug-likeness (QED) is 0.326. The number of carbonyl (C=O) groups excluding carboxylic acids is 1. The van der Waals surface area contributed by atoms with Gasteiger partial charge in [-0.1, -0.05) is 60.7 Å². The molecule has 1 saturated heterocycles. The maximum absolute atomic E-state index is 13.4. The highest BCUT2D eigenvalue weighted by Crippen LogP contribution is 2.34. The number of piperidine rings is 1. The van der Waals surface area contributed by atoms with Gasteiger partial charge in [0.2, 0.25) is 10.0 Å². The molecule has 1 amide bonds. The molecule has 1 fully saturated rings. The summed E-state index contributed by atoms with van der Waals surface area (Å²) < 4.78 is 33.6. The van der Waals surface area contributed by atoms with Crippen molar-refractivity contribution in [3.63, 3.8) is 0 Å². The first-order valence-corrected chi connectivity index (χ1v) is 12.7. The fourth-order valence-corrected chi connectivity index (χ4v) is 5.93. The standard InChI is InChI=1S/C26H28N2O6S/c29-25(27-31)24-18-26(30,17-20-7-3-1-4-8-20)15-16-28(24)35(32,33)23-13-11-22(12-14-23)34-19-21-9-5-2-6-10-21/h1-14,24,30-31H,15-19H2,(H,27,29). The number of amides is 1. The van der Waals surface area contributed by atoms with Gasteiger partial charge in [-0.15, -0.1) is 0 Å². The number of hydrogen-bond donors (Lipinski definition) is 3. The van der Waals surface area contributed by atoms with E-state index >= 15 is 0 Å². The number of nitrogens with one attached hydrogen (secondary N) is 1. The van der Waals surface area contributed by atoms with E-state index in [0.29, 0.717) is 12.4 Å². The van der Waals surface area contributed by atoms with Crippen LogP contribution in [0, 0.1) is 0 Å². The highest BCUT2D eigenvalue weighted by molar-refractivity contribution is 7.89. The number of hydrogen-bond acceptors (Lipinski definition) is 6. The molecule has 0 saturated carbocycles. The molecule has 0 radical (unpaired) electrons. The number of ether oxygens (including phenoxy) is 1. The average molecular weight is 497 g/mol. The summed E-state index contributed by atoms with van der Waals surface area (Å²) in [6.07, 6.45) is 0.269. The van der Waals surface area contributed by atoms with E-state index in [0.717, 1.165) is 15.4 Å². The zero-order chi connectivity index (χ0) is 24.9. The lowest BCUT2D eigenvalue weighted by atomic mass is 9.82. The predicted octanol–water partition coefficient (Wildman–Crippen LogP) is 2.90. The van der Waals surface area contributed by atoms with Gasteiger partial charge in [0.25, 0.3) is 5.91 Å². The first kappa shape index (κ1) is 24.9. The Hall–Kier alpha value is -3.24. The van der Waals surface area contributed by atoms with Crippen molar-refractivity contribution in [1.29, 1.82) is 0 Å². The van der Waals surface area contributed by atoms with Gasteiger partial charge in [-0.25, -0.2) is 13.9 Å².